The van der Waals surface area contributed by atoms with Crippen molar-refractivity contribution in [3.8, 4) is 0 Å². The van der Waals surface area contributed by atoms with Gasteiger partial charge in [0.05, 0.1) is 4.90 Å². The van der Waals surface area contributed by atoms with Crippen molar-refractivity contribution in [1.82, 2.24) is 9.62 Å². The molecule has 0 saturated carbocycles. The zero-order valence-corrected chi connectivity index (χ0v) is 14.3. The normalized spacial score (nSPS) is 17.6. The van der Waals surface area contributed by atoms with Crippen molar-refractivity contribution >= 4 is 27.5 Å². The van der Waals surface area contributed by atoms with Crippen LogP contribution in [-0.2, 0) is 14.8 Å². The molecule has 1 aromatic rings. The molecule has 1 aromatic carbocycles. The van der Waals surface area contributed by atoms with Crippen LogP contribution in [0, 0.1) is 5.92 Å². The molecule has 0 aliphatic carbocycles. The Morgan fingerprint density at radius 1 is 1.23 bits per heavy atom. The number of sulfonamides is 1. The van der Waals surface area contributed by atoms with Crippen LogP contribution >= 0.6 is 11.6 Å². The van der Waals surface area contributed by atoms with E-state index in [0.29, 0.717) is 31.0 Å². The fourth-order valence-electron chi connectivity index (χ4n) is 2.52. The fourth-order valence-corrected chi connectivity index (χ4v) is 4.11. The molecule has 7 heteroatoms. The van der Waals surface area contributed by atoms with Crippen LogP contribution in [0.5, 0.6) is 0 Å². The van der Waals surface area contributed by atoms with Crippen LogP contribution in [0.2, 0.25) is 5.02 Å². The van der Waals surface area contributed by atoms with Gasteiger partial charge in [0.25, 0.3) is 0 Å². The Bertz CT molecular complexity index is 621. The Labute approximate surface area is 136 Å². The largest absolute Gasteiger partial charge is 0.354 e. The zero-order valence-electron chi connectivity index (χ0n) is 12.8. The lowest BCUT2D eigenvalue weighted by Gasteiger charge is -2.31. The van der Waals surface area contributed by atoms with E-state index in [2.05, 4.69) is 5.32 Å². The van der Waals surface area contributed by atoms with Crippen LogP contribution in [-0.4, -0.2) is 37.8 Å². The summed E-state index contributed by atoms with van der Waals surface area (Å²) in [5.74, 6) is -0.0994. The van der Waals surface area contributed by atoms with Crippen molar-refractivity contribution in [3.63, 3.8) is 0 Å². The number of carbonyl (C=O) groups excluding carboxylic acids is 1. The summed E-state index contributed by atoms with van der Waals surface area (Å²) in [5, 5.41) is 3.39. The Morgan fingerprint density at radius 2 is 1.77 bits per heavy atom. The Kier molecular flexibility index (Phi) is 5.47. The average molecular weight is 345 g/mol. The highest BCUT2D eigenvalue weighted by Gasteiger charge is 2.32. The van der Waals surface area contributed by atoms with Gasteiger partial charge >= 0.3 is 0 Å². The predicted octanol–water partition coefficient (Wildman–Crippen LogP) is 2.27. The number of nitrogens with zero attached hydrogens (tertiary/aromatic N) is 1. The molecule has 0 unspecified atom stereocenters. The molecule has 1 aliphatic rings. The third-order valence-corrected chi connectivity index (χ3v) is 5.87. The lowest BCUT2D eigenvalue weighted by atomic mass is 9.97. The van der Waals surface area contributed by atoms with Crippen LogP contribution in [0.15, 0.2) is 29.2 Å². The fraction of sp³-hybridized carbons (Fsp3) is 0.533. The molecular weight excluding hydrogens is 324 g/mol. The first-order valence-electron chi connectivity index (χ1n) is 7.37. The smallest absolute Gasteiger partial charge is 0.243 e. The molecule has 0 radical (unpaired) electrons. The molecular formula is C15H21ClN2O3S. The number of rotatable bonds is 4. The molecule has 1 N–H and O–H groups in total. The molecule has 122 valence electrons. The number of benzene rings is 1. The van der Waals surface area contributed by atoms with E-state index in [1.54, 1.807) is 12.1 Å². The summed E-state index contributed by atoms with van der Waals surface area (Å²) in [5.41, 5.74) is 0. The highest BCUT2D eigenvalue weighted by molar-refractivity contribution is 7.89. The van der Waals surface area contributed by atoms with Gasteiger partial charge in [-0.2, -0.15) is 4.31 Å². The summed E-state index contributed by atoms with van der Waals surface area (Å²) in [6, 6.07) is 6.25. The monoisotopic (exact) mass is 344 g/mol. The highest BCUT2D eigenvalue weighted by Crippen LogP contribution is 2.24. The van der Waals surface area contributed by atoms with Gasteiger partial charge in [0, 0.05) is 30.1 Å². The van der Waals surface area contributed by atoms with E-state index < -0.39 is 10.0 Å². The summed E-state index contributed by atoms with van der Waals surface area (Å²) < 4.78 is 26.5. The maximum atomic E-state index is 12.5. The van der Waals surface area contributed by atoms with Crippen LogP contribution < -0.4 is 5.32 Å². The molecule has 0 spiro atoms. The Balaban J connectivity index is 2.01. The summed E-state index contributed by atoms with van der Waals surface area (Å²) in [6.45, 7) is 4.55. The SMILES string of the molecule is CC(C)NC(=O)C1CCN(S(=O)(=O)c2ccc(Cl)cc2)CC1. The van der Waals surface area contributed by atoms with Crippen molar-refractivity contribution in [2.24, 2.45) is 5.92 Å². The van der Waals surface area contributed by atoms with E-state index in [-0.39, 0.29) is 22.8 Å². The van der Waals surface area contributed by atoms with Crippen molar-refractivity contribution in [1.29, 1.82) is 0 Å². The maximum absolute atomic E-state index is 12.5. The minimum absolute atomic E-state index is 0.0125. The quantitative estimate of drug-likeness (QED) is 0.911. The minimum Gasteiger partial charge on any atom is -0.354 e. The van der Waals surface area contributed by atoms with E-state index in [0.717, 1.165) is 0 Å². The first kappa shape index (κ1) is 17.2. The van der Waals surface area contributed by atoms with Crippen LogP contribution in [0.25, 0.3) is 0 Å². The number of piperidine rings is 1. The second-order valence-electron chi connectivity index (χ2n) is 5.80. The maximum Gasteiger partial charge on any atom is 0.243 e. The number of carbonyl (C=O) groups is 1. The number of halogens is 1. The van der Waals surface area contributed by atoms with Gasteiger partial charge in [-0.3, -0.25) is 4.79 Å². The number of nitrogens with one attached hydrogen (secondary N) is 1. The summed E-state index contributed by atoms with van der Waals surface area (Å²) in [6.07, 6.45) is 1.09. The molecule has 0 bridgehead atoms. The number of hydrogen-bond acceptors (Lipinski definition) is 3. The molecule has 1 fully saturated rings. The molecule has 22 heavy (non-hydrogen) atoms. The molecule has 0 aromatic heterocycles. The van der Waals surface area contributed by atoms with Gasteiger partial charge in [-0.15, -0.1) is 0 Å². The van der Waals surface area contributed by atoms with Gasteiger partial charge < -0.3 is 5.32 Å². The van der Waals surface area contributed by atoms with Gasteiger partial charge in [0.1, 0.15) is 0 Å². The molecule has 2 rings (SSSR count). The lowest BCUT2D eigenvalue weighted by molar-refractivity contribution is -0.126. The van der Waals surface area contributed by atoms with E-state index in [4.69, 9.17) is 11.6 Å². The second-order valence-corrected chi connectivity index (χ2v) is 8.17. The van der Waals surface area contributed by atoms with Crippen molar-refractivity contribution in [2.75, 3.05) is 13.1 Å². The highest BCUT2D eigenvalue weighted by atomic mass is 35.5. The lowest BCUT2D eigenvalue weighted by Crippen LogP contribution is -2.44. The van der Waals surface area contributed by atoms with Crippen molar-refractivity contribution in [2.45, 2.75) is 37.6 Å². The Morgan fingerprint density at radius 3 is 2.27 bits per heavy atom. The van der Waals surface area contributed by atoms with Gasteiger partial charge in [0.2, 0.25) is 15.9 Å². The first-order chi connectivity index (χ1) is 10.3. The minimum atomic E-state index is -3.51. The molecule has 1 saturated heterocycles. The van der Waals surface area contributed by atoms with E-state index >= 15 is 0 Å². The Hall–Kier alpha value is -1.11. The second kappa shape index (κ2) is 6.98. The van der Waals surface area contributed by atoms with E-state index in [1.807, 2.05) is 13.8 Å². The summed E-state index contributed by atoms with van der Waals surface area (Å²) in [7, 11) is -3.51. The topological polar surface area (TPSA) is 66.5 Å². The first-order valence-corrected chi connectivity index (χ1v) is 9.18. The number of amides is 1. The van der Waals surface area contributed by atoms with Gasteiger partial charge in [0.15, 0.2) is 0 Å². The zero-order chi connectivity index (χ0) is 16.3. The molecule has 5 nitrogen and oxygen atoms in total. The van der Waals surface area contributed by atoms with E-state index in [9.17, 15) is 13.2 Å². The van der Waals surface area contributed by atoms with Crippen LogP contribution in [0.3, 0.4) is 0 Å². The standard InChI is InChI=1S/C15H21ClN2O3S/c1-11(2)17-15(19)12-7-9-18(10-8-12)22(20,21)14-5-3-13(16)4-6-14/h3-6,11-12H,7-10H2,1-2H3,(H,17,19). The average Bonchev–Trinajstić information content (AvgIpc) is 2.47. The van der Waals surface area contributed by atoms with E-state index in [1.165, 1.54) is 16.4 Å². The number of hydrogen-bond donors (Lipinski definition) is 1. The molecule has 0 atom stereocenters. The van der Waals surface area contributed by atoms with Gasteiger partial charge in [-0.25, -0.2) is 8.42 Å². The van der Waals surface area contributed by atoms with Crippen molar-refractivity contribution < 1.29 is 13.2 Å². The third-order valence-electron chi connectivity index (χ3n) is 3.71. The van der Waals surface area contributed by atoms with Gasteiger partial charge in [-0.05, 0) is 51.0 Å². The van der Waals surface area contributed by atoms with Crippen molar-refractivity contribution in [3.05, 3.63) is 29.3 Å². The van der Waals surface area contributed by atoms with Crippen LogP contribution in [0.4, 0.5) is 0 Å². The summed E-state index contributed by atoms with van der Waals surface area (Å²) >= 11 is 5.79. The predicted molar refractivity (Wildman–Crippen MR) is 86.2 cm³/mol. The molecule has 1 amide bonds. The molecule has 1 aliphatic heterocycles. The van der Waals surface area contributed by atoms with Crippen LogP contribution in [0.1, 0.15) is 26.7 Å². The third kappa shape index (κ3) is 4.00. The summed E-state index contributed by atoms with van der Waals surface area (Å²) in [4.78, 5) is 12.2. The van der Waals surface area contributed by atoms with Gasteiger partial charge in [-0.1, -0.05) is 11.6 Å². The molecule has 1 heterocycles.